The Morgan fingerprint density at radius 1 is 1.22 bits per heavy atom. The molecule has 0 aromatic heterocycles. The number of benzene rings is 2. The number of nitriles is 1. The predicted molar refractivity (Wildman–Crippen MR) is 137 cm³/mol. The molecule has 0 spiro atoms. The Labute approximate surface area is 225 Å². The molecule has 198 valence electrons. The van der Waals surface area contributed by atoms with Crippen molar-refractivity contribution in [3.05, 3.63) is 69.2 Å². The van der Waals surface area contributed by atoms with Gasteiger partial charge in [0, 0.05) is 28.7 Å². The van der Waals surface area contributed by atoms with E-state index in [1.54, 1.807) is 12.1 Å². The number of aliphatic carboxylic acids is 1. The van der Waals surface area contributed by atoms with Gasteiger partial charge in [-0.05, 0) is 48.8 Å². The lowest BCUT2D eigenvalue weighted by Gasteiger charge is -2.51. The summed E-state index contributed by atoms with van der Waals surface area (Å²) in [4.78, 5) is 13.5. The average molecular weight is 551 g/mol. The molecule has 0 radical (unpaired) electrons. The Morgan fingerprint density at radius 3 is 2.46 bits per heavy atom. The largest absolute Gasteiger partial charge is 0.481 e. The monoisotopic (exact) mass is 550 g/mol. The molecule has 0 amide bonds. The number of hydrogen-bond acceptors (Lipinski definition) is 4. The highest BCUT2D eigenvalue weighted by molar-refractivity contribution is 6.31. The first-order valence-corrected chi connectivity index (χ1v) is 13.0. The summed E-state index contributed by atoms with van der Waals surface area (Å²) in [7, 11) is 0. The SMILES string of the molecule is CC(C)(C)C[C@]1(c2cccc(Cl)c2F)N(C[C@@H]2C[C@H]2C(=O)O)C(CO)CC1(C#N)c1ccc(Cl)cc1F. The fourth-order valence-corrected chi connectivity index (χ4v) is 6.68. The van der Waals surface area contributed by atoms with Crippen molar-refractivity contribution in [3.8, 4) is 6.07 Å². The Kier molecular flexibility index (Phi) is 7.37. The third-order valence-electron chi connectivity index (χ3n) is 7.83. The maximum Gasteiger partial charge on any atom is 0.306 e. The smallest absolute Gasteiger partial charge is 0.306 e. The van der Waals surface area contributed by atoms with Gasteiger partial charge in [-0.3, -0.25) is 9.69 Å². The summed E-state index contributed by atoms with van der Waals surface area (Å²) in [6, 6.07) is 10.3. The van der Waals surface area contributed by atoms with Gasteiger partial charge in [-0.1, -0.05) is 62.2 Å². The summed E-state index contributed by atoms with van der Waals surface area (Å²) in [5, 5.41) is 31.0. The van der Waals surface area contributed by atoms with Gasteiger partial charge >= 0.3 is 5.97 Å². The molecular formula is C28H30Cl2F2N2O3. The topological polar surface area (TPSA) is 84.6 Å². The highest BCUT2D eigenvalue weighted by atomic mass is 35.5. The zero-order valence-electron chi connectivity index (χ0n) is 20.9. The molecule has 1 aliphatic carbocycles. The molecule has 9 heteroatoms. The van der Waals surface area contributed by atoms with Gasteiger partial charge in [-0.15, -0.1) is 0 Å². The van der Waals surface area contributed by atoms with Crippen molar-refractivity contribution in [3.63, 3.8) is 0 Å². The van der Waals surface area contributed by atoms with Crippen molar-refractivity contribution in [2.45, 2.75) is 57.0 Å². The van der Waals surface area contributed by atoms with Crippen LogP contribution in [0.1, 0.15) is 51.2 Å². The zero-order valence-corrected chi connectivity index (χ0v) is 22.5. The van der Waals surface area contributed by atoms with E-state index in [1.165, 1.54) is 18.2 Å². The molecule has 2 fully saturated rings. The van der Waals surface area contributed by atoms with E-state index in [4.69, 9.17) is 23.2 Å². The molecular weight excluding hydrogens is 521 g/mol. The van der Waals surface area contributed by atoms with Crippen molar-refractivity contribution >= 4 is 29.2 Å². The summed E-state index contributed by atoms with van der Waals surface area (Å²) in [6.45, 7) is 5.65. The van der Waals surface area contributed by atoms with Crippen LogP contribution in [0.15, 0.2) is 36.4 Å². The summed E-state index contributed by atoms with van der Waals surface area (Å²) >= 11 is 12.3. The number of hydrogen-bond donors (Lipinski definition) is 2. The maximum atomic E-state index is 16.1. The number of carbonyl (C=O) groups is 1. The van der Waals surface area contributed by atoms with Crippen LogP contribution in [-0.4, -0.2) is 40.3 Å². The van der Waals surface area contributed by atoms with Crippen LogP contribution in [0.25, 0.3) is 0 Å². The van der Waals surface area contributed by atoms with Gasteiger partial charge in [0.25, 0.3) is 0 Å². The van der Waals surface area contributed by atoms with Crippen LogP contribution in [0.4, 0.5) is 8.78 Å². The van der Waals surface area contributed by atoms with E-state index < -0.39 is 45.9 Å². The Morgan fingerprint density at radius 2 is 1.92 bits per heavy atom. The molecule has 5 atom stereocenters. The average Bonchev–Trinajstić information content (AvgIpc) is 3.54. The molecule has 2 aliphatic rings. The molecule has 1 saturated carbocycles. The lowest BCUT2D eigenvalue weighted by atomic mass is 9.58. The molecule has 5 nitrogen and oxygen atoms in total. The second-order valence-electron chi connectivity index (χ2n) is 11.5. The van der Waals surface area contributed by atoms with E-state index in [9.17, 15) is 20.3 Å². The van der Waals surface area contributed by atoms with Crippen molar-refractivity contribution in [1.29, 1.82) is 5.26 Å². The molecule has 0 bridgehead atoms. The molecule has 2 unspecified atom stereocenters. The van der Waals surface area contributed by atoms with Crippen LogP contribution in [-0.2, 0) is 15.7 Å². The van der Waals surface area contributed by atoms with Crippen LogP contribution >= 0.6 is 23.2 Å². The Balaban J connectivity index is 2.09. The number of nitrogens with zero attached hydrogens (tertiary/aromatic N) is 2. The molecule has 37 heavy (non-hydrogen) atoms. The fraction of sp³-hybridized carbons (Fsp3) is 0.500. The number of carboxylic acids is 1. The zero-order chi connectivity index (χ0) is 27.3. The lowest BCUT2D eigenvalue weighted by Crippen LogP contribution is -2.57. The van der Waals surface area contributed by atoms with Gasteiger partial charge in [0.1, 0.15) is 17.0 Å². The standard InChI is InChI=1S/C28H30Cl2F2N2O3/c1-26(2,3)14-28(21-5-4-6-22(30)24(21)32)27(15-33,20-8-7-17(29)10-23(20)31)11-18(13-35)34(28)12-16-9-19(16)25(36)37/h4-8,10,16,18-19,35H,9,11-14H2,1-3H3,(H,36,37)/t16-,18?,19+,27?,28+/m0/s1. The number of aliphatic hydroxyl groups excluding tert-OH is 1. The molecule has 1 aliphatic heterocycles. The molecule has 1 heterocycles. The van der Waals surface area contributed by atoms with Crippen LogP contribution in [0.5, 0.6) is 0 Å². The fourth-order valence-electron chi connectivity index (χ4n) is 6.35. The van der Waals surface area contributed by atoms with E-state index >= 15 is 8.78 Å². The van der Waals surface area contributed by atoms with Crippen LogP contribution in [0.3, 0.4) is 0 Å². The van der Waals surface area contributed by atoms with Gasteiger partial charge in [0.2, 0.25) is 0 Å². The van der Waals surface area contributed by atoms with E-state index in [0.717, 1.165) is 6.07 Å². The second-order valence-corrected chi connectivity index (χ2v) is 12.3. The van der Waals surface area contributed by atoms with Crippen LogP contribution in [0.2, 0.25) is 10.0 Å². The minimum Gasteiger partial charge on any atom is -0.481 e. The van der Waals surface area contributed by atoms with Gasteiger partial charge < -0.3 is 10.2 Å². The van der Waals surface area contributed by atoms with Crippen LogP contribution < -0.4 is 0 Å². The van der Waals surface area contributed by atoms with Gasteiger partial charge in [0.05, 0.1) is 29.2 Å². The van der Waals surface area contributed by atoms with E-state index in [1.807, 2.05) is 25.7 Å². The number of aliphatic hydroxyl groups is 1. The van der Waals surface area contributed by atoms with E-state index in [-0.39, 0.29) is 53.1 Å². The molecule has 4 rings (SSSR count). The van der Waals surface area contributed by atoms with Crippen molar-refractivity contribution < 1.29 is 23.8 Å². The quantitative estimate of drug-likeness (QED) is 0.431. The second kappa shape index (κ2) is 9.81. The highest BCUT2D eigenvalue weighted by Crippen LogP contribution is 2.62. The number of halogens is 4. The first-order valence-electron chi connectivity index (χ1n) is 12.2. The minimum atomic E-state index is -1.65. The first-order chi connectivity index (χ1) is 17.3. The van der Waals surface area contributed by atoms with E-state index in [2.05, 4.69) is 6.07 Å². The number of carboxylic acid groups (broad SMARTS) is 1. The summed E-state index contributed by atoms with van der Waals surface area (Å²) in [5.74, 6) is -3.17. The molecule has 2 N–H and O–H groups in total. The number of rotatable bonds is 7. The van der Waals surface area contributed by atoms with Gasteiger partial charge in [-0.2, -0.15) is 5.26 Å². The molecule has 2 aromatic carbocycles. The van der Waals surface area contributed by atoms with Crippen molar-refractivity contribution in [1.82, 2.24) is 4.90 Å². The Bertz CT molecular complexity index is 1260. The summed E-state index contributed by atoms with van der Waals surface area (Å²) in [6.07, 6.45) is 0.640. The number of likely N-dealkylation sites (tertiary alicyclic amines) is 1. The normalized spacial score (nSPS) is 29.8. The third kappa shape index (κ3) is 4.63. The summed E-state index contributed by atoms with van der Waals surface area (Å²) < 4.78 is 31.7. The Hall–Kier alpha value is -2.24. The van der Waals surface area contributed by atoms with Crippen molar-refractivity contribution in [2.75, 3.05) is 13.2 Å². The maximum absolute atomic E-state index is 16.1. The minimum absolute atomic E-state index is 0.00500. The molecule has 1 saturated heterocycles. The third-order valence-corrected chi connectivity index (χ3v) is 8.35. The van der Waals surface area contributed by atoms with Crippen molar-refractivity contribution in [2.24, 2.45) is 17.3 Å². The molecule has 2 aromatic rings. The van der Waals surface area contributed by atoms with Gasteiger partial charge in [-0.25, -0.2) is 8.78 Å². The first kappa shape index (κ1) is 27.8. The van der Waals surface area contributed by atoms with Crippen LogP contribution in [0, 0.1) is 40.2 Å². The van der Waals surface area contributed by atoms with E-state index in [0.29, 0.717) is 6.42 Å². The highest BCUT2D eigenvalue weighted by Gasteiger charge is 2.67. The summed E-state index contributed by atoms with van der Waals surface area (Å²) in [5.41, 5.74) is -3.47. The van der Waals surface area contributed by atoms with Gasteiger partial charge in [0.15, 0.2) is 0 Å². The predicted octanol–water partition coefficient (Wildman–Crippen LogP) is 6.15. The lowest BCUT2D eigenvalue weighted by molar-refractivity contribution is -0.139.